The third-order valence-electron chi connectivity index (χ3n) is 2.45. The van der Waals surface area contributed by atoms with Crippen molar-refractivity contribution in [3.63, 3.8) is 0 Å². The van der Waals surface area contributed by atoms with E-state index in [0.29, 0.717) is 0 Å². The van der Waals surface area contributed by atoms with Crippen molar-refractivity contribution < 1.29 is 4.74 Å². The van der Waals surface area contributed by atoms with Crippen LogP contribution in [0, 0.1) is 5.92 Å². The van der Waals surface area contributed by atoms with Crippen molar-refractivity contribution in [3.8, 4) is 0 Å². The van der Waals surface area contributed by atoms with E-state index in [9.17, 15) is 0 Å². The monoisotopic (exact) mass is 243 g/mol. The van der Waals surface area contributed by atoms with E-state index in [-0.39, 0.29) is 0 Å². The zero-order valence-electron chi connectivity index (χ0n) is 11.9. The number of unbranched alkanes of at least 4 members (excludes halogenated alkanes) is 1. The molecule has 0 aliphatic heterocycles. The van der Waals surface area contributed by atoms with Gasteiger partial charge in [-0.25, -0.2) is 0 Å². The van der Waals surface area contributed by atoms with Crippen LogP contribution in [0.4, 0.5) is 0 Å². The lowest BCUT2D eigenvalue weighted by atomic mass is 10.1. The van der Waals surface area contributed by atoms with Crippen LogP contribution in [0.5, 0.6) is 0 Å². The van der Waals surface area contributed by atoms with E-state index in [1.165, 1.54) is 6.42 Å². The third kappa shape index (κ3) is 11.5. The fourth-order valence-electron chi connectivity index (χ4n) is 1.38. The highest BCUT2D eigenvalue weighted by atomic mass is 16.5. The van der Waals surface area contributed by atoms with Crippen LogP contribution in [-0.2, 0) is 4.74 Å². The summed E-state index contributed by atoms with van der Waals surface area (Å²) < 4.78 is 5.28. The van der Waals surface area contributed by atoms with Gasteiger partial charge in [-0.1, -0.05) is 13.8 Å². The molecule has 0 atom stereocenters. The average molecular weight is 243 g/mol. The van der Waals surface area contributed by atoms with E-state index in [2.05, 4.69) is 29.5 Å². The smallest absolute Gasteiger partial charge is 0.190 e. The molecule has 0 unspecified atom stereocenters. The molecule has 0 fully saturated rings. The van der Waals surface area contributed by atoms with Gasteiger partial charge in [-0.05, 0) is 32.1 Å². The normalized spacial score (nSPS) is 11.9. The molecule has 0 aromatic rings. The first-order chi connectivity index (χ1) is 8.20. The summed E-state index contributed by atoms with van der Waals surface area (Å²) in [4.78, 5) is 4.18. The Morgan fingerprint density at radius 3 is 2.47 bits per heavy atom. The topological polar surface area (TPSA) is 45.6 Å². The summed E-state index contributed by atoms with van der Waals surface area (Å²) >= 11 is 0. The molecule has 0 saturated carbocycles. The second kappa shape index (κ2) is 11.7. The maximum absolute atomic E-state index is 5.28. The second-order valence-corrected chi connectivity index (χ2v) is 4.51. The molecule has 17 heavy (non-hydrogen) atoms. The van der Waals surface area contributed by atoms with Gasteiger partial charge in [-0.15, -0.1) is 0 Å². The number of hydrogen-bond donors (Lipinski definition) is 2. The van der Waals surface area contributed by atoms with Crippen LogP contribution >= 0.6 is 0 Å². The summed E-state index contributed by atoms with van der Waals surface area (Å²) in [6, 6.07) is 0. The molecular formula is C13H29N3O. The number of aliphatic imine (C=N–C) groups is 1. The van der Waals surface area contributed by atoms with Gasteiger partial charge in [0.1, 0.15) is 0 Å². The molecule has 0 spiro atoms. The fourth-order valence-corrected chi connectivity index (χ4v) is 1.38. The molecule has 0 rings (SSSR count). The molecule has 0 aliphatic carbocycles. The molecule has 0 radical (unpaired) electrons. The molecule has 4 heteroatoms. The van der Waals surface area contributed by atoms with Gasteiger partial charge in [-0.2, -0.15) is 0 Å². The second-order valence-electron chi connectivity index (χ2n) is 4.51. The molecular weight excluding hydrogens is 214 g/mol. The standard InChI is InChI=1S/C13H29N3O/c1-5-17-11-7-6-9-15-13(14-4)16-10-8-12(2)3/h12H,5-11H2,1-4H3,(H2,14,15,16). The van der Waals surface area contributed by atoms with Crippen LogP contribution in [0.25, 0.3) is 0 Å². The summed E-state index contributed by atoms with van der Waals surface area (Å²) in [5.74, 6) is 1.63. The molecule has 2 N–H and O–H groups in total. The van der Waals surface area contributed by atoms with Gasteiger partial charge < -0.3 is 15.4 Å². The van der Waals surface area contributed by atoms with E-state index < -0.39 is 0 Å². The Kier molecular flexibility index (Phi) is 11.2. The SMILES string of the molecule is CCOCCCCNC(=NC)NCCC(C)C. The highest BCUT2D eigenvalue weighted by Crippen LogP contribution is 1.96. The van der Waals surface area contributed by atoms with Crippen LogP contribution < -0.4 is 10.6 Å². The van der Waals surface area contributed by atoms with Gasteiger partial charge in [0.2, 0.25) is 0 Å². The van der Waals surface area contributed by atoms with Crippen molar-refractivity contribution in [2.75, 3.05) is 33.4 Å². The Labute approximate surface area is 106 Å². The lowest BCUT2D eigenvalue weighted by molar-refractivity contribution is 0.143. The van der Waals surface area contributed by atoms with Crippen LogP contribution in [0.2, 0.25) is 0 Å². The van der Waals surface area contributed by atoms with Crippen molar-refractivity contribution in [2.45, 2.75) is 40.0 Å². The van der Waals surface area contributed by atoms with Gasteiger partial charge in [0.25, 0.3) is 0 Å². The minimum absolute atomic E-state index is 0.729. The van der Waals surface area contributed by atoms with Gasteiger partial charge >= 0.3 is 0 Å². The molecule has 0 amide bonds. The summed E-state index contributed by atoms with van der Waals surface area (Å²) in [6.07, 6.45) is 3.39. The first-order valence-corrected chi connectivity index (χ1v) is 6.73. The fraction of sp³-hybridized carbons (Fsp3) is 0.923. The first-order valence-electron chi connectivity index (χ1n) is 6.73. The number of guanidine groups is 1. The maximum Gasteiger partial charge on any atom is 0.190 e. The zero-order valence-corrected chi connectivity index (χ0v) is 11.9. The Balaban J connectivity index is 3.42. The van der Waals surface area contributed by atoms with E-state index in [1.807, 2.05) is 14.0 Å². The van der Waals surface area contributed by atoms with Crippen molar-refractivity contribution in [1.82, 2.24) is 10.6 Å². The lowest BCUT2D eigenvalue weighted by Crippen LogP contribution is -2.38. The molecule has 0 aliphatic rings. The highest BCUT2D eigenvalue weighted by molar-refractivity contribution is 5.79. The van der Waals surface area contributed by atoms with Crippen LogP contribution in [0.1, 0.15) is 40.0 Å². The molecule has 4 nitrogen and oxygen atoms in total. The van der Waals surface area contributed by atoms with Crippen molar-refractivity contribution >= 4 is 5.96 Å². The van der Waals surface area contributed by atoms with E-state index in [1.54, 1.807) is 0 Å². The minimum atomic E-state index is 0.729. The Bertz CT molecular complexity index is 193. The molecule has 0 aromatic heterocycles. The Morgan fingerprint density at radius 2 is 1.88 bits per heavy atom. The average Bonchev–Trinajstić information content (AvgIpc) is 2.30. The summed E-state index contributed by atoms with van der Waals surface area (Å²) in [6.45, 7) is 10.1. The summed E-state index contributed by atoms with van der Waals surface area (Å²) in [5, 5.41) is 6.61. The van der Waals surface area contributed by atoms with Gasteiger partial charge in [0.15, 0.2) is 5.96 Å². The first kappa shape index (κ1) is 16.2. The zero-order chi connectivity index (χ0) is 12.9. The summed E-state index contributed by atoms with van der Waals surface area (Å²) in [7, 11) is 1.81. The van der Waals surface area contributed by atoms with Gasteiger partial charge in [0, 0.05) is 33.4 Å². The predicted molar refractivity (Wildman–Crippen MR) is 74.5 cm³/mol. The van der Waals surface area contributed by atoms with Gasteiger partial charge in [0.05, 0.1) is 0 Å². The Hall–Kier alpha value is -0.770. The number of nitrogens with one attached hydrogen (secondary N) is 2. The van der Waals surface area contributed by atoms with Crippen LogP contribution in [0.3, 0.4) is 0 Å². The van der Waals surface area contributed by atoms with E-state index in [4.69, 9.17) is 4.74 Å². The molecule has 0 saturated heterocycles. The van der Waals surface area contributed by atoms with Crippen LogP contribution in [0.15, 0.2) is 4.99 Å². The van der Waals surface area contributed by atoms with Crippen molar-refractivity contribution in [1.29, 1.82) is 0 Å². The largest absolute Gasteiger partial charge is 0.382 e. The minimum Gasteiger partial charge on any atom is -0.382 e. The number of nitrogens with zero attached hydrogens (tertiary/aromatic N) is 1. The molecule has 0 aromatic carbocycles. The predicted octanol–water partition coefficient (Wildman–Crippen LogP) is 2.01. The molecule has 0 bridgehead atoms. The van der Waals surface area contributed by atoms with E-state index in [0.717, 1.165) is 51.0 Å². The quantitative estimate of drug-likeness (QED) is 0.370. The Morgan fingerprint density at radius 1 is 1.18 bits per heavy atom. The number of hydrogen-bond acceptors (Lipinski definition) is 2. The number of ether oxygens (including phenoxy) is 1. The lowest BCUT2D eigenvalue weighted by Gasteiger charge is -2.12. The molecule has 0 heterocycles. The van der Waals surface area contributed by atoms with Crippen molar-refractivity contribution in [2.24, 2.45) is 10.9 Å². The molecule has 102 valence electrons. The van der Waals surface area contributed by atoms with Crippen LogP contribution in [-0.4, -0.2) is 39.3 Å². The highest BCUT2D eigenvalue weighted by Gasteiger charge is 1.98. The van der Waals surface area contributed by atoms with Gasteiger partial charge in [-0.3, -0.25) is 4.99 Å². The summed E-state index contributed by atoms with van der Waals surface area (Å²) in [5.41, 5.74) is 0. The van der Waals surface area contributed by atoms with Crippen molar-refractivity contribution in [3.05, 3.63) is 0 Å². The van der Waals surface area contributed by atoms with E-state index >= 15 is 0 Å². The number of rotatable bonds is 9. The third-order valence-corrected chi connectivity index (χ3v) is 2.45. The maximum atomic E-state index is 5.28.